The summed E-state index contributed by atoms with van der Waals surface area (Å²) >= 11 is 0. The van der Waals surface area contributed by atoms with Gasteiger partial charge in [0.25, 0.3) is 0 Å². The van der Waals surface area contributed by atoms with Crippen molar-refractivity contribution in [3.63, 3.8) is 0 Å². The predicted octanol–water partition coefficient (Wildman–Crippen LogP) is 3.93. The maximum Gasteiger partial charge on any atom is 0.112 e. The number of aromatic nitrogens is 2. The fraction of sp³-hybridized carbons (Fsp3) is 0.533. The van der Waals surface area contributed by atoms with Gasteiger partial charge in [-0.2, -0.15) is 0 Å². The summed E-state index contributed by atoms with van der Waals surface area (Å²) in [6.45, 7) is 2.15. The molecule has 0 radical (unpaired) electrons. The average Bonchev–Trinajstić information content (AvgIpc) is 2.70. The normalized spacial score (nSPS) is 17.8. The molecule has 2 heteroatoms. The van der Waals surface area contributed by atoms with Crippen LogP contribution in [0, 0.1) is 6.92 Å². The van der Waals surface area contributed by atoms with Crippen molar-refractivity contribution >= 4 is 11.0 Å². The summed E-state index contributed by atoms with van der Waals surface area (Å²) in [6, 6.07) is 6.46. The second-order valence-corrected chi connectivity index (χ2v) is 5.31. The smallest absolute Gasteiger partial charge is 0.112 e. The van der Waals surface area contributed by atoms with Gasteiger partial charge in [0.2, 0.25) is 0 Å². The van der Waals surface area contributed by atoms with E-state index >= 15 is 0 Å². The lowest BCUT2D eigenvalue weighted by atomic mass is 9.89. The highest BCUT2D eigenvalue weighted by atomic mass is 15.1. The number of fused-ring (bicyclic) bond motifs is 1. The largest absolute Gasteiger partial charge is 0.331 e. The molecule has 1 aromatic carbocycles. The standard InChI is InChI=1S/C15H20N2/c1-11-7-6-10-13-14(11)16-15(17(13)2)12-8-4-3-5-9-12/h6-7,10,12H,3-5,8-9H2,1-2H3. The minimum Gasteiger partial charge on any atom is -0.331 e. The van der Waals surface area contributed by atoms with Crippen LogP contribution in [0.3, 0.4) is 0 Å². The van der Waals surface area contributed by atoms with Gasteiger partial charge in [-0.15, -0.1) is 0 Å². The summed E-state index contributed by atoms with van der Waals surface area (Å²) < 4.78 is 2.30. The van der Waals surface area contributed by atoms with Crippen LogP contribution in [0.15, 0.2) is 18.2 Å². The maximum atomic E-state index is 4.90. The molecule has 0 aliphatic heterocycles. The zero-order valence-corrected chi connectivity index (χ0v) is 10.7. The van der Waals surface area contributed by atoms with Gasteiger partial charge in [-0.1, -0.05) is 31.4 Å². The molecule has 3 rings (SSSR count). The van der Waals surface area contributed by atoms with Crippen LogP contribution >= 0.6 is 0 Å². The second-order valence-electron chi connectivity index (χ2n) is 5.31. The van der Waals surface area contributed by atoms with Crippen LogP contribution in [0.1, 0.15) is 49.4 Å². The molecule has 1 fully saturated rings. The Hall–Kier alpha value is -1.31. The summed E-state index contributed by atoms with van der Waals surface area (Å²) in [6.07, 6.45) is 6.77. The van der Waals surface area contributed by atoms with Gasteiger partial charge < -0.3 is 4.57 Å². The molecular weight excluding hydrogens is 208 g/mol. The van der Waals surface area contributed by atoms with Gasteiger partial charge in [-0.25, -0.2) is 4.98 Å². The molecule has 90 valence electrons. The van der Waals surface area contributed by atoms with Crippen LogP contribution in [0.2, 0.25) is 0 Å². The number of nitrogens with zero attached hydrogens (tertiary/aromatic N) is 2. The molecule has 17 heavy (non-hydrogen) atoms. The van der Waals surface area contributed by atoms with Crippen LogP contribution in [-0.4, -0.2) is 9.55 Å². The molecule has 2 aromatic rings. The van der Waals surface area contributed by atoms with Gasteiger partial charge >= 0.3 is 0 Å². The molecule has 0 N–H and O–H groups in total. The number of rotatable bonds is 1. The third-order valence-electron chi connectivity index (χ3n) is 4.12. The molecule has 1 saturated carbocycles. The lowest BCUT2D eigenvalue weighted by Gasteiger charge is -2.20. The molecule has 0 amide bonds. The Kier molecular flexibility index (Phi) is 2.65. The molecule has 1 aromatic heterocycles. The fourth-order valence-corrected chi connectivity index (χ4v) is 3.10. The number of aryl methyl sites for hydroxylation is 2. The van der Waals surface area contributed by atoms with E-state index in [4.69, 9.17) is 4.98 Å². The number of imidazole rings is 1. The van der Waals surface area contributed by atoms with Crippen LogP contribution < -0.4 is 0 Å². The van der Waals surface area contributed by atoms with E-state index in [0.29, 0.717) is 5.92 Å². The van der Waals surface area contributed by atoms with Crippen molar-refractivity contribution in [3.8, 4) is 0 Å². The van der Waals surface area contributed by atoms with Crippen LogP contribution in [-0.2, 0) is 7.05 Å². The summed E-state index contributed by atoms with van der Waals surface area (Å²) in [5, 5.41) is 0. The summed E-state index contributed by atoms with van der Waals surface area (Å²) in [5.41, 5.74) is 3.77. The van der Waals surface area contributed by atoms with Crippen molar-refractivity contribution in [2.24, 2.45) is 7.05 Å². The van der Waals surface area contributed by atoms with Crippen LogP contribution in [0.25, 0.3) is 11.0 Å². The van der Waals surface area contributed by atoms with Crippen molar-refractivity contribution < 1.29 is 0 Å². The molecule has 2 nitrogen and oxygen atoms in total. The van der Waals surface area contributed by atoms with Crippen molar-refractivity contribution in [1.29, 1.82) is 0 Å². The average molecular weight is 228 g/mol. The Morgan fingerprint density at radius 1 is 1.18 bits per heavy atom. The van der Waals surface area contributed by atoms with E-state index in [9.17, 15) is 0 Å². The van der Waals surface area contributed by atoms with E-state index in [1.165, 1.54) is 54.5 Å². The monoisotopic (exact) mass is 228 g/mol. The lowest BCUT2D eigenvalue weighted by Crippen LogP contribution is -2.09. The Labute approximate surface area is 103 Å². The Morgan fingerprint density at radius 3 is 2.65 bits per heavy atom. The SMILES string of the molecule is Cc1cccc2c1nc(C1CCCCC1)n2C. The van der Waals surface area contributed by atoms with Crippen molar-refractivity contribution in [1.82, 2.24) is 9.55 Å². The van der Waals surface area contributed by atoms with Crippen molar-refractivity contribution in [3.05, 3.63) is 29.6 Å². The van der Waals surface area contributed by atoms with Gasteiger partial charge in [0.15, 0.2) is 0 Å². The Morgan fingerprint density at radius 2 is 1.94 bits per heavy atom. The van der Waals surface area contributed by atoms with E-state index in [1.54, 1.807) is 0 Å². The predicted molar refractivity (Wildman–Crippen MR) is 71.3 cm³/mol. The molecule has 1 aliphatic rings. The van der Waals surface area contributed by atoms with Gasteiger partial charge in [-0.05, 0) is 31.4 Å². The zero-order chi connectivity index (χ0) is 11.8. The van der Waals surface area contributed by atoms with Gasteiger partial charge in [0, 0.05) is 13.0 Å². The van der Waals surface area contributed by atoms with Crippen molar-refractivity contribution in [2.75, 3.05) is 0 Å². The molecule has 0 spiro atoms. The summed E-state index contributed by atoms with van der Waals surface area (Å²) in [4.78, 5) is 4.90. The quantitative estimate of drug-likeness (QED) is 0.723. The topological polar surface area (TPSA) is 17.8 Å². The first kappa shape index (κ1) is 10.8. The minimum absolute atomic E-state index is 0.681. The highest BCUT2D eigenvalue weighted by Crippen LogP contribution is 2.33. The third kappa shape index (κ3) is 1.76. The molecule has 1 heterocycles. The Bertz CT molecular complexity index is 533. The first-order chi connectivity index (χ1) is 8.27. The van der Waals surface area contributed by atoms with E-state index in [2.05, 4.69) is 36.7 Å². The second kappa shape index (κ2) is 4.17. The molecule has 0 saturated heterocycles. The van der Waals surface area contributed by atoms with Crippen LogP contribution in [0.4, 0.5) is 0 Å². The summed E-state index contributed by atoms with van der Waals surface area (Å²) in [7, 11) is 2.17. The first-order valence-electron chi connectivity index (χ1n) is 6.69. The van der Waals surface area contributed by atoms with E-state index in [0.717, 1.165) is 0 Å². The van der Waals surface area contributed by atoms with Gasteiger partial charge in [0.05, 0.1) is 11.0 Å². The highest BCUT2D eigenvalue weighted by molar-refractivity contribution is 5.79. The van der Waals surface area contributed by atoms with E-state index in [-0.39, 0.29) is 0 Å². The van der Waals surface area contributed by atoms with Gasteiger partial charge in [-0.3, -0.25) is 0 Å². The molecule has 0 unspecified atom stereocenters. The number of para-hydroxylation sites is 1. The highest BCUT2D eigenvalue weighted by Gasteiger charge is 2.21. The fourth-order valence-electron chi connectivity index (χ4n) is 3.10. The summed E-state index contributed by atoms with van der Waals surface area (Å²) in [5.74, 6) is 1.98. The van der Waals surface area contributed by atoms with Crippen LogP contribution in [0.5, 0.6) is 0 Å². The number of hydrogen-bond acceptors (Lipinski definition) is 1. The molecule has 0 bridgehead atoms. The first-order valence-corrected chi connectivity index (χ1v) is 6.69. The third-order valence-corrected chi connectivity index (χ3v) is 4.12. The zero-order valence-electron chi connectivity index (χ0n) is 10.7. The Balaban J connectivity index is 2.10. The molecular formula is C15H20N2. The van der Waals surface area contributed by atoms with Crippen molar-refractivity contribution in [2.45, 2.75) is 44.9 Å². The molecule has 1 aliphatic carbocycles. The maximum absolute atomic E-state index is 4.90. The van der Waals surface area contributed by atoms with E-state index in [1.807, 2.05) is 0 Å². The molecule has 0 atom stereocenters. The minimum atomic E-state index is 0.681. The van der Waals surface area contributed by atoms with Gasteiger partial charge in [0.1, 0.15) is 5.82 Å². The number of hydrogen-bond donors (Lipinski definition) is 0. The van der Waals surface area contributed by atoms with E-state index < -0.39 is 0 Å². The lowest BCUT2D eigenvalue weighted by molar-refractivity contribution is 0.423. The number of benzene rings is 1.